The molecule has 0 unspecified atom stereocenters. The van der Waals surface area contributed by atoms with E-state index in [1.807, 2.05) is 109 Å². The first kappa shape index (κ1) is 28.0. The third kappa shape index (κ3) is 9.32. The van der Waals surface area contributed by atoms with E-state index < -0.39 is 6.04 Å². The molecular weight excluding hydrogens is 508 g/mol. The molecule has 4 rings (SSSR count). The molecule has 0 aliphatic carbocycles. The normalized spacial score (nSPS) is 11.4. The number of hydrogen-bond donors (Lipinski definition) is 2. The fourth-order valence-electron chi connectivity index (χ4n) is 3.81. The highest BCUT2D eigenvalue weighted by Crippen LogP contribution is 2.33. The Morgan fingerprint density at radius 2 is 1.36 bits per heavy atom. The van der Waals surface area contributed by atoms with Crippen LogP contribution >= 0.6 is 11.8 Å². The molecule has 0 fully saturated rings. The van der Waals surface area contributed by atoms with Crippen LogP contribution in [0.25, 0.3) is 0 Å². The van der Waals surface area contributed by atoms with Crippen molar-refractivity contribution in [2.24, 2.45) is 0 Å². The van der Waals surface area contributed by atoms with Crippen LogP contribution in [0, 0.1) is 0 Å². The second-order valence-electron chi connectivity index (χ2n) is 8.94. The van der Waals surface area contributed by atoms with Crippen LogP contribution in [0.5, 0.6) is 5.75 Å². The first-order valence-corrected chi connectivity index (χ1v) is 13.7. The Bertz CT molecular complexity index is 1330. The van der Waals surface area contributed by atoms with Crippen LogP contribution in [-0.4, -0.2) is 23.7 Å². The lowest BCUT2D eigenvalue weighted by molar-refractivity contribution is -0.146. The van der Waals surface area contributed by atoms with Crippen molar-refractivity contribution in [1.29, 1.82) is 0 Å². The van der Waals surface area contributed by atoms with E-state index in [0.29, 0.717) is 30.3 Å². The third-order valence-corrected chi connectivity index (χ3v) is 6.94. The fourth-order valence-corrected chi connectivity index (χ4v) is 4.89. The van der Waals surface area contributed by atoms with Gasteiger partial charge in [0.05, 0.1) is 4.90 Å². The largest absolute Gasteiger partial charge is 0.488 e. The van der Waals surface area contributed by atoms with Crippen LogP contribution in [0.4, 0.5) is 5.69 Å². The van der Waals surface area contributed by atoms with Gasteiger partial charge < -0.3 is 14.8 Å². The molecule has 200 valence electrons. The minimum Gasteiger partial charge on any atom is -0.488 e. The summed E-state index contributed by atoms with van der Waals surface area (Å²) in [5, 5.41) is 6.19. The maximum absolute atomic E-state index is 13.2. The zero-order valence-corrected chi connectivity index (χ0v) is 22.7. The Morgan fingerprint density at radius 1 is 0.769 bits per heavy atom. The number of carbonyl (C=O) groups excluding carboxylic acids is 2. The molecule has 0 aliphatic rings. The summed E-state index contributed by atoms with van der Waals surface area (Å²) in [6.45, 7) is 2.61. The molecular formula is C32H32N2O4S. The van der Waals surface area contributed by atoms with Crippen molar-refractivity contribution in [1.82, 2.24) is 5.32 Å². The lowest BCUT2D eigenvalue weighted by Gasteiger charge is -2.19. The van der Waals surface area contributed by atoms with E-state index in [1.54, 1.807) is 0 Å². The average molecular weight is 541 g/mol. The van der Waals surface area contributed by atoms with Crippen molar-refractivity contribution >= 4 is 29.3 Å². The Hall–Kier alpha value is -4.07. The van der Waals surface area contributed by atoms with Crippen LogP contribution < -0.4 is 15.4 Å². The zero-order valence-electron chi connectivity index (χ0n) is 21.8. The molecule has 0 saturated heterocycles. The van der Waals surface area contributed by atoms with Crippen molar-refractivity contribution in [3.63, 3.8) is 0 Å². The van der Waals surface area contributed by atoms with Crippen LogP contribution in [-0.2, 0) is 34.1 Å². The molecule has 1 amide bonds. The second-order valence-corrected chi connectivity index (χ2v) is 10.0. The van der Waals surface area contributed by atoms with Gasteiger partial charge in [0.1, 0.15) is 25.0 Å². The van der Waals surface area contributed by atoms with Gasteiger partial charge in [0.2, 0.25) is 5.91 Å². The molecule has 4 aromatic rings. The Labute approximate surface area is 233 Å². The number of nitrogens with one attached hydrogen (secondary N) is 2. The average Bonchev–Trinajstić information content (AvgIpc) is 2.97. The van der Waals surface area contributed by atoms with E-state index in [0.717, 1.165) is 21.6 Å². The maximum atomic E-state index is 13.2. The first-order valence-electron chi connectivity index (χ1n) is 12.8. The molecule has 0 aliphatic heterocycles. The third-order valence-electron chi connectivity index (χ3n) is 5.81. The van der Waals surface area contributed by atoms with Gasteiger partial charge in [0, 0.05) is 24.9 Å². The molecule has 0 spiro atoms. The summed E-state index contributed by atoms with van der Waals surface area (Å²) in [5.41, 5.74) is 3.71. The molecule has 0 heterocycles. The molecule has 2 N–H and O–H groups in total. The van der Waals surface area contributed by atoms with Crippen LogP contribution in [0.2, 0.25) is 0 Å². The van der Waals surface area contributed by atoms with Gasteiger partial charge in [-0.05, 0) is 34.9 Å². The lowest BCUT2D eigenvalue weighted by atomic mass is 10.2. The summed E-state index contributed by atoms with van der Waals surface area (Å²) in [5.74, 6) is 0.603. The zero-order chi connectivity index (χ0) is 27.3. The van der Waals surface area contributed by atoms with Gasteiger partial charge in [-0.2, -0.15) is 0 Å². The highest BCUT2D eigenvalue weighted by atomic mass is 32.2. The number of amides is 1. The number of thioether (sulfide) groups is 1. The molecule has 0 bridgehead atoms. The molecule has 39 heavy (non-hydrogen) atoms. The van der Waals surface area contributed by atoms with Crippen molar-refractivity contribution in [2.75, 3.05) is 11.1 Å². The fraction of sp³-hybridized carbons (Fsp3) is 0.188. The summed E-state index contributed by atoms with van der Waals surface area (Å²) in [7, 11) is 0. The predicted octanol–water partition coefficient (Wildman–Crippen LogP) is 6.22. The van der Waals surface area contributed by atoms with Crippen LogP contribution in [0.1, 0.15) is 23.6 Å². The standard InChI is InChI=1S/C32H32N2O4S/c1-24(35)34-28-17-18-30(37-21-26-13-7-3-8-14-26)31(19-28)39-23-29(33-20-25-11-5-2-6-12-25)32(36)38-22-27-15-9-4-10-16-27/h2-19,29,33H,20-23H2,1H3,(H,34,35)/t29-/m0/s1. The van der Waals surface area contributed by atoms with E-state index in [4.69, 9.17) is 9.47 Å². The first-order chi connectivity index (χ1) is 19.1. The van der Waals surface area contributed by atoms with Gasteiger partial charge >= 0.3 is 5.97 Å². The number of anilines is 1. The molecule has 0 saturated carbocycles. The minimum absolute atomic E-state index is 0.157. The molecule has 6 nitrogen and oxygen atoms in total. The Morgan fingerprint density at radius 3 is 1.97 bits per heavy atom. The van der Waals surface area contributed by atoms with Crippen LogP contribution in [0.3, 0.4) is 0 Å². The van der Waals surface area contributed by atoms with E-state index in [9.17, 15) is 9.59 Å². The molecule has 0 radical (unpaired) electrons. The summed E-state index contributed by atoms with van der Waals surface area (Å²) in [6, 6.07) is 34.4. The predicted molar refractivity (Wildman–Crippen MR) is 156 cm³/mol. The Kier molecular flexibility index (Phi) is 10.6. The van der Waals surface area contributed by atoms with Gasteiger partial charge in [0.25, 0.3) is 0 Å². The van der Waals surface area contributed by atoms with Gasteiger partial charge in [-0.3, -0.25) is 14.9 Å². The lowest BCUT2D eigenvalue weighted by Crippen LogP contribution is -2.39. The summed E-state index contributed by atoms with van der Waals surface area (Å²) in [4.78, 5) is 25.7. The molecule has 4 aromatic carbocycles. The Balaban J connectivity index is 1.48. The maximum Gasteiger partial charge on any atom is 0.324 e. The van der Waals surface area contributed by atoms with Crippen molar-refractivity contribution < 1.29 is 19.1 Å². The molecule has 1 atom stereocenters. The molecule has 0 aromatic heterocycles. The summed E-state index contributed by atoms with van der Waals surface area (Å²) >= 11 is 1.48. The van der Waals surface area contributed by atoms with Gasteiger partial charge in [-0.1, -0.05) is 91.0 Å². The van der Waals surface area contributed by atoms with Crippen LogP contribution in [0.15, 0.2) is 114 Å². The summed E-state index contributed by atoms with van der Waals surface area (Å²) < 4.78 is 11.8. The molecule has 7 heteroatoms. The number of hydrogen-bond acceptors (Lipinski definition) is 6. The van der Waals surface area contributed by atoms with Crippen molar-refractivity contribution in [2.45, 2.75) is 37.6 Å². The number of esters is 1. The number of rotatable bonds is 13. The number of ether oxygens (including phenoxy) is 2. The quantitative estimate of drug-likeness (QED) is 0.155. The highest BCUT2D eigenvalue weighted by molar-refractivity contribution is 7.99. The van der Waals surface area contributed by atoms with E-state index in [1.165, 1.54) is 18.7 Å². The number of benzene rings is 4. The van der Waals surface area contributed by atoms with Gasteiger partial charge in [0.15, 0.2) is 0 Å². The van der Waals surface area contributed by atoms with Gasteiger partial charge in [-0.25, -0.2) is 0 Å². The summed E-state index contributed by atoms with van der Waals surface area (Å²) in [6.07, 6.45) is 0. The van der Waals surface area contributed by atoms with E-state index in [-0.39, 0.29) is 18.5 Å². The highest BCUT2D eigenvalue weighted by Gasteiger charge is 2.21. The topological polar surface area (TPSA) is 76.7 Å². The SMILES string of the molecule is CC(=O)Nc1ccc(OCc2ccccc2)c(SC[C@H](NCc2ccccc2)C(=O)OCc2ccccc2)c1. The van der Waals surface area contributed by atoms with Gasteiger partial charge in [-0.15, -0.1) is 11.8 Å². The van der Waals surface area contributed by atoms with E-state index >= 15 is 0 Å². The second kappa shape index (κ2) is 14.8. The smallest absolute Gasteiger partial charge is 0.324 e. The monoisotopic (exact) mass is 540 g/mol. The minimum atomic E-state index is -0.565. The van der Waals surface area contributed by atoms with E-state index in [2.05, 4.69) is 10.6 Å². The van der Waals surface area contributed by atoms with Crippen molar-refractivity contribution in [3.05, 3.63) is 126 Å². The number of carbonyl (C=O) groups is 2. The van der Waals surface area contributed by atoms with Crippen molar-refractivity contribution in [3.8, 4) is 5.75 Å².